The SMILES string of the molecule is C=CCn1c(=O)c2ccccc2n2c(=S)n(CN(C)Cc3c(F)cccc3Cl)nc12. The van der Waals surface area contributed by atoms with Crippen LogP contribution in [0, 0.1) is 10.6 Å². The summed E-state index contributed by atoms with van der Waals surface area (Å²) in [5.41, 5.74) is 0.941. The van der Waals surface area contributed by atoms with E-state index in [0.717, 1.165) is 0 Å². The highest BCUT2D eigenvalue weighted by atomic mass is 35.5. The van der Waals surface area contributed by atoms with Crippen molar-refractivity contribution in [3.63, 3.8) is 0 Å². The summed E-state index contributed by atoms with van der Waals surface area (Å²) < 4.78 is 19.5. The summed E-state index contributed by atoms with van der Waals surface area (Å²) in [5.74, 6) is 0.0692. The summed E-state index contributed by atoms with van der Waals surface area (Å²) >= 11 is 11.8. The molecule has 0 radical (unpaired) electrons. The van der Waals surface area contributed by atoms with E-state index >= 15 is 0 Å². The van der Waals surface area contributed by atoms with Crippen molar-refractivity contribution < 1.29 is 4.39 Å². The topological polar surface area (TPSA) is 47.5 Å². The maximum atomic E-state index is 14.1. The van der Waals surface area contributed by atoms with Gasteiger partial charge in [0.1, 0.15) is 5.82 Å². The first-order valence-electron chi connectivity index (χ1n) is 9.26. The molecule has 0 unspecified atom stereocenters. The average molecular weight is 444 g/mol. The number of nitrogens with zero attached hydrogens (tertiary/aromatic N) is 5. The molecule has 0 spiro atoms. The lowest BCUT2D eigenvalue weighted by Gasteiger charge is -2.17. The molecule has 2 heterocycles. The molecule has 0 fully saturated rings. The minimum atomic E-state index is -0.362. The first-order chi connectivity index (χ1) is 14.4. The van der Waals surface area contributed by atoms with E-state index in [9.17, 15) is 9.18 Å². The summed E-state index contributed by atoms with van der Waals surface area (Å²) in [5, 5.41) is 5.51. The Morgan fingerprint density at radius 1 is 1.27 bits per heavy atom. The maximum Gasteiger partial charge on any atom is 0.263 e. The summed E-state index contributed by atoms with van der Waals surface area (Å²) in [6.07, 6.45) is 1.64. The molecule has 154 valence electrons. The van der Waals surface area contributed by atoms with Crippen LogP contribution in [0.5, 0.6) is 0 Å². The van der Waals surface area contributed by atoms with Gasteiger partial charge in [-0.25, -0.2) is 9.07 Å². The van der Waals surface area contributed by atoms with Crippen LogP contribution in [-0.4, -0.2) is 30.7 Å². The molecule has 6 nitrogen and oxygen atoms in total. The Bertz CT molecular complexity index is 1370. The third kappa shape index (κ3) is 3.47. The second-order valence-electron chi connectivity index (χ2n) is 6.99. The highest BCUT2D eigenvalue weighted by Crippen LogP contribution is 2.21. The average Bonchev–Trinajstić information content (AvgIpc) is 3.04. The molecular weight excluding hydrogens is 425 g/mol. The van der Waals surface area contributed by atoms with E-state index in [4.69, 9.17) is 23.8 Å². The zero-order chi connectivity index (χ0) is 21.4. The number of aromatic nitrogens is 4. The molecule has 0 bridgehead atoms. The Morgan fingerprint density at radius 3 is 2.77 bits per heavy atom. The summed E-state index contributed by atoms with van der Waals surface area (Å²) in [7, 11) is 1.82. The monoisotopic (exact) mass is 443 g/mol. The normalized spacial score (nSPS) is 11.6. The molecular formula is C21H19ClFN5OS. The number of hydrogen-bond acceptors (Lipinski definition) is 4. The molecule has 30 heavy (non-hydrogen) atoms. The van der Waals surface area contributed by atoms with Gasteiger partial charge in [0.15, 0.2) is 0 Å². The van der Waals surface area contributed by atoms with Crippen LogP contribution < -0.4 is 5.56 Å². The predicted octanol–water partition coefficient (Wildman–Crippen LogP) is 4.25. The van der Waals surface area contributed by atoms with Gasteiger partial charge in [-0.3, -0.25) is 18.7 Å². The van der Waals surface area contributed by atoms with Crippen molar-refractivity contribution in [2.24, 2.45) is 0 Å². The van der Waals surface area contributed by atoms with Crippen LogP contribution >= 0.6 is 23.8 Å². The van der Waals surface area contributed by atoms with Crippen molar-refractivity contribution in [3.8, 4) is 0 Å². The van der Waals surface area contributed by atoms with E-state index in [-0.39, 0.29) is 17.9 Å². The fraction of sp³-hybridized carbons (Fsp3) is 0.190. The Balaban J connectivity index is 1.81. The maximum absolute atomic E-state index is 14.1. The number of para-hydroxylation sites is 1. The zero-order valence-electron chi connectivity index (χ0n) is 16.3. The molecule has 2 aromatic heterocycles. The summed E-state index contributed by atoms with van der Waals surface area (Å²) in [6.45, 7) is 4.62. The number of fused-ring (bicyclic) bond motifs is 3. The van der Waals surface area contributed by atoms with Gasteiger partial charge in [0.05, 0.1) is 17.6 Å². The first-order valence-corrected chi connectivity index (χ1v) is 10.0. The molecule has 0 aliphatic carbocycles. The smallest absolute Gasteiger partial charge is 0.263 e. The highest BCUT2D eigenvalue weighted by Gasteiger charge is 2.16. The molecule has 0 atom stereocenters. The van der Waals surface area contributed by atoms with Gasteiger partial charge < -0.3 is 0 Å². The van der Waals surface area contributed by atoms with Crippen molar-refractivity contribution in [1.29, 1.82) is 0 Å². The Hall–Kier alpha value is -2.81. The van der Waals surface area contributed by atoms with E-state index in [1.807, 2.05) is 30.1 Å². The molecule has 9 heteroatoms. The van der Waals surface area contributed by atoms with Gasteiger partial charge >= 0.3 is 0 Å². The van der Waals surface area contributed by atoms with Crippen LogP contribution in [-0.2, 0) is 19.8 Å². The quantitative estimate of drug-likeness (QED) is 0.330. The van der Waals surface area contributed by atoms with E-state index < -0.39 is 0 Å². The van der Waals surface area contributed by atoms with Crippen LogP contribution in [0.15, 0.2) is 59.9 Å². The number of benzene rings is 2. The van der Waals surface area contributed by atoms with Crippen LogP contribution in [0.4, 0.5) is 4.39 Å². The fourth-order valence-corrected chi connectivity index (χ4v) is 3.99. The Labute approximate surface area is 182 Å². The molecule has 0 aliphatic rings. The zero-order valence-corrected chi connectivity index (χ0v) is 17.8. The van der Waals surface area contributed by atoms with Crippen LogP contribution in [0.1, 0.15) is 5.56 Å². The van der Waals surface area contributed by atoms with Crippen molar-refractivity contribution in [3.05, 3.63) is 86.6 Å². The van der Waals surface area contributed by atoms with Crippen molar-refractivity contribution in [2.75, 3.05) is 7.05 Å². The third-order valence-electron chi connectivity index (χ3n) is 4.86. The van der Waals surface area contributed by atoms with Gasteiger partial charge in [0.25, 0.3) is 5.56 Å². The summed E-state index contributed by atoms with van der Waals surface area (Å²) in [6, 6.07) is 11.9. The minimum Gasteiger partial charge on any atom is -0.283 e. The molecule has 0 amide bonds. The van der Waals surface area contributed by atoms with E-state index in [0.29, 0.717) is 45.3 Å². The van der Waals surface area contributed by atoms with Gasteiger partial charge in [-0.15, -0.1) is 11.7 Å². The number of hydrogen-bond donors (Lipinski definition) is 0. The largest absolute Gasteiger partial charge is 0.283 e. The second-order valence-corrected chi connectivity index (χ2v) is 7.77. The Morgan fingerprint density at radius 2 is 2.03 bits per heavy atom. The lowest BCUT2D eigenvalue weighted by atomic mass is 10.2. The molecule has 0 saturated carbocycles. The summed E-state index contributed by atoms with van der Waals surface area (Å²) in [4.78, 5) is 14.8. The molecule has 0 N–H and O–H groups in total. The molecule has 4 aromatic rings. The van der Waals surface area contributed by atoms with Gasteiger partial charge in [-0.1, -0.05) is 35.9 Å². The molecule has 4 rings (SSSR count). The Kier molecular flexibility index (Phi) is 5.55. The van der Waals surface area contributed by atoms with E-state index in [1.165, 1.54) is 10.6 Å². The van der Waals surface area contributed by atoms with Crippen molar-refractivity contribution >= 4 is 40.5 Å². The van der Waals surface area contributed by atoms with Gasteiger partial charge in [-0.05, 0) is 43.5 Å². The van der Waals surface area contributed by atoms with E-state index in [1.54, 1.807) is 33.4 Å². The van der Waals surface area contributed by atoms with E-state index in [2.05, 4.69) is 11.7 Å². The van der Waals surface area contributed by atoms with Crippen molar-refractivity contribution in [2.45, 2.75) is 19.8 Å². The van der Waals surface area contributed by atoms with Gasteiger partial charge in [0, 0.05) is 23.7 Å². The van der Waals surface area contributed by atoms with Crippen molar-refractivity contribution in [1.82, 2.24) is 23.6 Å². The minimum absolute atomic E-state index is 0.156. The van der Waals surface area contributed by atoms with Crippen LogP contribution in [0.3, 0.4) is 0 Å². The van der Waals surface area contributed by atoms with Crippen LogP contribution in [0.2, 0.25) is 5.02 Å². The molecule has 2 aromatic carbocycles. The van der Waals surface area contributed by atoms with Gasteiger partial charge in [0.2, 0.25) is 10.5 Å². The fourth-order valence-electron chi connectivity index (χ4n) is 3.49. The van der Waals surface area contributed by atoms with Gasteiger partial charge in [-0.2, -0.15) is 0 Å². The standard InChI is InChI=1S/C21H19ClFN5OS/c1-3-11-26-19(29)14-7-4-5-10-18(14)28-20(26)24-27(21(28)30)13-25(2)12-15-16(22)8-6-9-17(15)23/h3-10H,1,11-13H2,2H3. The first kappa shape index (κ1) is 20.5. The number of allylic oxidation sites excluding steroid dienone is 1. The second kappa shape index (κ2) is 8.14. The van der Waals surface area contributed by atoms with Crippen LogP contribution in [0.25, 0.3) is 16.7 Å². The number of rotatable bonds is 6. The molecule has 0 saturated heterocycles. The lowest BCUT2D eigenvalue weighted by Crippen LogP contribution is -2.23. The lowest BCUT2D eigenvalue weighted by molar-refractivity contribution is 0.241. The predicted molar refractivity (Wildman–Crippen MR) is 119 cm³/mol. The molecule has 0 aliphatic heterocycles. The number of halogens is 2. The highest BCUT2D eigenvalue weighted by molar-refractivity contribution is 7.71. The third-order valence-corrected chi connectivity index (χ3v) is 5.61.